The van der Waals surface area contributed by atoms with Gasteiger partial charge in [0.2, 0.25) is 11.8 Å². The lowest BCUT2D eigenvalue weighted by Gasteiger charge is -2.44. The Morgan fingerprint density at radius 1 is 0.568 bits per heavy atom. The quantitative estimate of drug-likeness (QED) is 0.166. The molecule has 0 bridgehead atoms. The first-order valence-corrected chi connectivity index (χ1v) is 15.5. The monoisotopic (exact) mass is 590 g/mol. The molecule has 0 unspecified atom stereocenters. The van der Waals surface area contributed by atoms with Crippen LogP contribution in [0.4, 0.5) is 0 Å². The van der Waals surface area contributed by atoms with Crippen molar-refractivity contribution < 1.29 is 14.3 Å². The molecule has 4 rings (SSSR count). The lowest BCUT2D eigenvalue weighted by atomic mass is 9.58. The van der Waals surface area contributed by atoms with Crippen LogP contribution in [0.3, 0.4) is 0 Å². The van der Waals surface area contributed by atoms with Crippen molar-refractivity contribution in [3.8, 4) is 0 Å². The molecule has 230 valence electrons. The van der Waals surface area contributed by atoms with E-state index in [9.17, 15) is 9.59 Å². The molecule has 0 heterocycles. The molecule has 4 aromatic rings. The molecule has 0 aliphatic heterocycles. The summed E-state index contributed by atoms with van der Waals surface area (Å²) in [6, 6.07) is 39.9. The summed E-state index contributed by atoms with van der Waals surface area (Å²) in [6.45, 7) is 11.9. The van der Waals surface area contributed by atoms with Gasteiger partial charge in [0.1, 0.15) is 10.8 Å². The fourth-order valence-electron chi connectivity index (χ4n) is 6.62. The fraction of sp³-hybridized carbons (Fsp3) is 0.333. The van der Waals surface area contributed by atoms with Gasteiger partial charge in [-0.1, -0.05) is 156 Å². The van der Waals surface area contributed by atoms with E-state index < -0.39 is 16.2 Å². The van der Waals surface area contributed by atoms with Gasteiger partial charge in [0.05, 0.1) is 13.2 Å². The average Bonchev–Trinajstić information content (AvgIpc) is 3.02. The van der Waals surface area contributed by atoms with E-state index in [1.54, 1.807) is 0 Å². The molecule has 0 aliphatic carbocycles. The summed E-state index contributed by atoms with van der Waals surface area (Å²) < 4.78 is 5.90. The molecular formula is C39H46N2O3. The predicted molar refractivity (Wildman–Crippen MR) is 178 cm³/mol. The minimum atomic E-state index is -0.890. The molecule has 5 heteroatoms. The number of benzene rings is 4. The second-order valence-corrected chi connectivity index (χ2v) is 12.6. The van der Waals surface area contributed by atoms with E-state index in [0.29, 0.717) is 26.3 Å². The summed E-state index contributed by atoms with van der Waals surface area (Å²) in [5.41, 5.74) is 1.68. The zero-order valence-electron chi connectivity index (χ0n) is 26.7. The molecular weight excluding hydrogens is 544 g/mol. The van der Waals surface area contributed by atoms with Gasteiger partial charge >= 0.3 is 0 Å². The molecule has 0 radical (unpaired) electrons. The second-order valence-electron chi connectivity index (χ2n) is 12.6. The van der Waals surface area contributed by atoms with Crippen molar-refractivity contribution in [1.82, 2.24) is 10.6 Å². The Morgan fingerprint density at radius 3 is 1.25 bits per heavy atom. The van der Waals surface area contributed by atoms with E-state index in [1.807, 2.05) is 121 Å². The minimum Gasteiger partial charge on any atom is -0.378 e. The highest BCUT2D eigenvalue weighted by molar-refractivity contribution is 5.93. The van der Waals surface area contributed by atoms with Crippen LogP contribution in [-0.4, -0.2) is 38.1 Å². The van der Waals surface area contributed by atoms with E-state index in [1.165, 1.54) is 0 Å². The SMILES string of the molecule is CC(C)C(C(=O)NCCOCCNC(=O)C(c1ccccc1)(c1ccccc1)C(C)(C)C)(c1ccccc1)c1ccccc1. The van der Waals surface area contributed by atoms with Gasteiger partial charge in [-0.05, 0) is 33.6 Å². The molecule has 0 aromatic heterocycles. The number of ether oxygens (including phenoxy) is 1. The number of hydrogen-bond donors (Lipinski definition) is 2. The van der Waals surface area contributed by atoms with E-state index in [4.69, 9.17) is 4.74 Å². The molecule has 2 N–H and O–H groups in total. The number of hydrogen-bond acceptors (Lipinski definition) is 3. The molecule has 2 amide bonds. The number of carbonyl (C=O) groups excluding carboxylic acids is 2. The first kappa shape index (κ1) is 32.7. The summed E-state index contributed by atoms with van der Waals surface area (Å²) in [4.78, 5) is 28.0. The van der Waals surface area contributed by atoms with Crippen LogP contribution in [0.15, 0.2) is 121 Å². The molecule has 0 aliphatic rings. The first-order chi connectivity index (χ1) is 21.2. The second kappa shape index (κ2) is 14.5. The maximum Gasteiger partial charge on any atom is 0.235 e. The van der Waals surface area contributed by atoms with Crippen LogP contribution in [-0.2, 0) is 25.2 Å². The lowest BCUT2D eigenvalue weighted by molar-refractivity contribution is -0.129. The van der Waals surface area contributed by atoms with Gasteiger partial charge < -0.3 is 15.4 Å². The van der Waals surface area contributed by atoms with Crippen LogP contribution in [0, 0.1) is 11.3 Å². The molecule has 4 aromatic carbocycles. The Hall–Kier alpha value is -4.22. The van der Waals surface area contributed by atoms with Crippen LogP contribution < -0.4 is 10.6 Å². The van der Waals surface area contributed by atoms with Crippen LogP contribution in [0.2, 0.25) is 0 Å². The van der Waals surface area contributed by atoms with E-state index >= 15 is 0 Å². The van der Waals surface area contributed by atoms with Crippen LogP contribution in [0.1, 0.15) is 56.9 Å². The Balaban J connectivity index is 1.40. The highest BCUT2D eigenvalue weighted by Gasteiger charge is 2.51. The van der Waals surface area contributed by atoms with Crippen LogP contribution in [0.25, 0.3) is 0 Å². The standard InChI is InChI=1S/C39H46N2O3/c1-30(2)38(31-18-10-6-11-19-31,32-20-12-7-13-21-32)35(42)40-26-28-44-29-27-41-36(43)39(37(3,4)5,33-22-14-8-15-23-33)34-24-16-9-17-25-34/h6-25,30H,26-29H2,1-5H3,(H,40,42)(H,41,43). The van der Waals surface area contributed by atoms with Gasteiger partial charge in [-0.2, -0.15) is 0 Å². The minimum absolute atomic E-state index is 0.0146. The molecule has 0 saturated heterocycles. The van der Waals surface area contributed by atoms with E-state index in [0.717, 1.165) is 22.3 Å². The fourth-order valence-corrected chi connectivity index (χ4v) is 6.62. The summed E-state index contributed by atoms with van der Waals surface area (Å²) in [6.07, 6.45) is 0. The van der Waals surface area contributed by atoms with Crippen LogP contribution in [0.5, 0.6) is 0 Å². The normalized spacial score (nSPS) is 12.1. The molecule has 0 atom stereocenters. The third kappa shape index (κ3) is 6.48. The Bertz CT molecular complexity index is 1380. The maximum atomic E-state index is 14.1. The summed E-state index contributed by atoms with van der Waals surface area (Å²) in [5, 5.41) is 6.30. The molecule has 44 heavy (non-hydrogen) atoms. The van der Waals surface area contributed by atoms with Crippen molar-refractivity contribution in [2.24, 2.45) is 11.3 Å². The predicted octanol–water partition coefficient (Wildman–Crippen LogP) is 6.91. The summed E-state index contributed by atoms with van der Waals surface area (Å²) >= 11 is 0. The van der Waals surface area contributed by atoms with E-state index in [2.05, 4.69) is 45.3 Å². The average molecular weight is 591 g/mol. The van der Waals surface area contributed by atoms with Crippen molar-refractivity contribution in [3.63, 3.8) is 0 Å². The lowest BCUT2D eigenvalue weighted by Crippen LogP contribution is -2.54. The van der Waals surface area contributed by atoms with Crippen molar-refractivity contribution in [3.05, 3.63) is 144 Å². The molecule has 0 saturated carbocycles. The van der Waals surface area contributed by atoms with Crippen molar-refractivity contribution >= 4 is 11.8 Å². The molecule has 0 spiro atoms. The van der Waals surface area contributed by atoms with Gasteiger partial charge in [-0.25, -0.2) is 0 Å². The van der Waals surface area contributed by atoms with Crippen molar-refractivity contribution in [2.75, 3.05) is 26.3 Å². The topological polar surface area (TPSA) is 67.4 Å². The third-order valence-corrected chi connectivity index (χ3v) is 8.63. The smallest absolute Gasteiger partial charge is 0.235 e. The largest absolute Gasteiger partial charge is 0.378 e. The third-order valence-electron chi connectivity index (χ3n) is 8.63. The number of carbonyl (C=O) groups is 2. The van der Waals surface area contributed by atoms with Gasteiger partial charge in [-0.3, -0.25) is 9.59 Å². The van der Waals surface area contributed by atoms with Crippen molar-refractivity contribution in [2.45, 2.75) is 45.4 Å². The Labute approximate surface area is 263 Å². The van der Waals surface area contributed by atoms with Gasteiger partial charge in [0.25, 0.3) is 0 Å². The van der Waals surface area contributed by atoms with Gasteiger partial charge in [0.15, 0.2) is 0 Å². The highest BCUT2D eigenvalue weighted by atomic mass is 16.5. The van der Waals surface area contributed by atoms with Crippen LogP contribution >= 0.6 is 0 Å². The number of amides is 2. The van der Waals surface area contributed by atoms with Gasteiger partial charge in [-0.15, -0.1) is 0 Å². The zero-order valence-corrected chi connectivity index (χ0v) is 26.7. The van der Waals surface area contributed by atoms with Crippen molar-refractivity contribution in [1.29, 1.82) is 0 Å². The number of rotatable bonds is 13. The van der Waals surface area contributed by atoms with E-state index in [-0.39, 0.29) is 17.7 Å². The summed E-state index contributed by atoms with van der Waals surface area (Å²) in [7, 11) is 0. The highest BCUT2D eigenvalue weighted by Crippen LogP contribution is 2.47. The molecule has 5 nitrogen and oxygen atoms in total. The molecule has 0 fully saturated rings. The maximum absolute atomic E-state index is 14.1. The Kier molecular flexibility index (Phi) is 10.8. The first-order valence-electron chi connectivity index (χ1n) is 15.5. The Morgan fingerprint density at radius 2 is 0.909 bits per heavy atom. The summed E-state index contributed by atoms with van der Waals surface area (Å²) in [5.74, 6) is -0.102. The van der Waals surface area contributed by atoms with Gasteiger partial charge in [0, 0.05) is 13.1 Å². The number of nitrogens with one attached hydrogen (secondary N) is 2. The zero-order chi connectivity index (χ0) is 31.6.